The van der Waals surface area contributed by atoms with Crippen molar-refractivity contribution in [2.24, 2.45) is 0 Å². The maximum absolute atomic E-state index is 12.7. The molecule has 0 spiro atoms. The molecule has 14 heavy (non-hydrogen) atoms. The van der Waals surface area contributed by atoms with Crippen LogP contribution in [-0.2, 0) is 0 Å². The highest BCUT2D eigenvalue weighted by molar-refractivity contribution is 5.53. The van der Waals surface area contributed by atoms with Crippen LogP contribution in [0.15, 0.2) is 12.1 Å². The van der Waals surface area contributed by atoms with Crippen molar-refractivity contribution in [3.8, 4) is 11.4 Å². The molecule has 0 bridgehead atoms. The minimum atomic E-state index is -1.52. The minimum Gasteiger partial charge on any atom is -0.204 e. The van der Waals surface area contributed by atoms with E-state index in [2.05, 4.69) is 20.6 Å². The van der Waals surface area contributed by atoms with E-state index in [0.29, 0.717) is 0 Å². The Kier molecular flexibility index (Phi) is 1.91. The summed E-state index contributed by atoms with van der Waals surface area (Å²) in [4.78, 5) is 0. The number of tetrazole rings is 1. The average Bonchev–Trinajstić information content (AvgIpc) is 2.66. The highest BCUT2D eigenvalue weighted by Gasteiger charge is 2.13. The maximum atomic E-state index is 12.7. The molecule has 2 rings (SSSR count). The van der Waals surface area contributed by atoms with Gasteiger partial charge in [-0.25, -0.2) is 13.2 Å². The normalized spacial score (nSPS) is 10.5. The largest absolute Gasteiger partial charge is 0.204 e. The second kappa shape index (κ2) is 3.09. The summed E-state index contributed by atoms with van der Waals surface area (Å²) in [5, 5.41) is 12.3. The van der Waals surface area contributed by atoms with Crippen molar-refractivity contribution in [1.82, 2.24) is 20.6 Å². The lowest BCUT2D eigenvalue weighted by atomic mass is 10.2. The number of aromatic amines is 1. The first-order chi connectivity index (χ1) is 6.68. The van der Waals surface area contributed by atoms with Gasteiger partial charge in [0, 0.05) is 5.56 Å². The van der Waals surface area contributed by atoms with Crippen LogP contribution in [0.5, 0.6) is 0 Å². The van der Waals surface area contributed by atoms with Gasteiger partial charge in [0.1, 0.15) is 0 Å². The number of rotatable bonds is 1. The van der Waals surface area contributed by atoms with Crippen LogP contribution in [0.4, 0.5) is 13.2 Å². The fourth-order valence-corrected chi connectivity index (χ4v) is 0.969. The molecule has 0 aliphatic heterocycles. The Morgan fingerprint density at radius 2 is 1.71 bits per heavy atom. The van der Waals surface area contributed by atoms with Gasteiger partial charge in [0.2, 0.25) is 5.82 Å². The molecule has 7 heteroatoms. The predicted molar refractivity (Wildman–Crippen MR) is 39.5 cm³/mol. The number of nitrogens with zero attached hydrogens (tertiary/aromatic N) is 3. The van der Waals surface area contributed by atoms with E-state index >= 15 is 0 Å². The van der Waals surface area contributed by atoms with Crippen molar-refractivity contribution in [2.45, 2.75) is 0 Å². The zero-order valence-electron chi connectivity index (χ0n) is 6.63. The first-order valence-corrected chi connectivity index (χ1v) is 3.57. The molecular weight excluding hydrogens is 197 g/mol. The summed E-state index contributed by atoms with van der Waals surface area (Å²) >= 11 is 0. The molecule has 4 nitrogen and oxygen atoms in total. The zero-order valence-corrected chi connectivity index (χ0v) is 6.63. The third kappa shape index (κ3) is 1.32. The monoisotopic (exact) mass is 200 g/mol. The van der Waals surface area contributed by atoms with Gasteiger partial charge in [0.05, 0.1) is 0 Å². The van der Waals surface area contributed by atoms with E-state index in [-0.39, 0.29) is 11.4 Å². The van der Waals surface area contributed by atoms with Gasteiger partial charge >= 0.3 is 0 Å². The van der Waals surface area contributed by atoms with Gasteiger partial charge in [-0.3, -0.25) is 0 Å². The molecule has 1 heterocycles. The van der Waals surface area contributed by atoms with Crippen LogP contribution in [0.25, 0.3) is 11.4 Å². The van der Waals surface area contributed by atoms with Crippen molar-refractivity contribution in [2.75, 3.05) is 0 Å². The van der Waals surface area contributed by atoms with Gasteiger partial charge in [0.25, 0.3) is 0 Å². The van der Waals surface area contributed by atoms with Crippen LogP contribution < -0.4 is 0 Å². The molecule has 0 radical (unpaired) electrons. The Balaban J connectivity index is 2.57. The Morgan fingerprint density at radius 3 is 2.21 bits per heavy atom. The van der Waals surface area contributed by atoms with Crippen molar-refractivity contribution in [3.05, 3.63) is 29.6 Å². The molecule has 0 amide bonds. The third-order valence-electron chi connectivity index (χ3n) is 1.59. The molecule has 0 aliphatic rings. The van der Waals surface area contributed by atoms with Crippen molar-refractivity contribution >= 4 is 0 Å². The van der Waals surface area contributed by atoms with Crippen LogP contribution in [-0.4, -0.2) is 20.6 Å². The van der Waals surface area contributed by atoms with E-state index in [1.54, 1.807) is 0 Å². The molecule has 72 valence electrons. The summed E-state index contributed by atoms with van der Waals surface area (Å²) in [6.45, 7) is 0. The van der Waals surface area contributed by atoms with E-state index in [4.69, 9.17) is 0 Å². The lowest BCUT2D eigenvalue weighted by molar-refractivity contribution is 0.447. The van der Waals surface area contributed by atoms with Crippen molar-refractivity contribution in [1.29, 1.82) is 0 Å². The predicted octanol–water partition coefficient (Wildman–Crippen LogP) is 1.28. The Bertz CT molecular complexity index is 431. The molecule has 1 N–H and O–H groups in total. The summed E-state index contributed by atoms with van der Waals surface area (Å²) in [6, 6.07) is 1.59. The summed E-state index contributed by atoms with van der Waals surface area (Å²) in [5.41, 5.74) is 0.0233. The summed E-state index contributed by atoms with van der Waals surface area (Å²) < 4.78 is 38.0. The van der Waals surface area contributed by atoms with Crippen LogP contribution >= 0.6 is 0 Å². The highest BCUT2D eigenvalue weighted by atomic mass is 19.2. The van der Waals surface area contributed by atoms with Gasteiger partial charge in [-0.05, 0) is 17.3 Å². The number of benzene rings is 1. The number of aromatic nitrogens is 4. The van der Waals surface area contributed by atoms with Crippen molar-refractivity contribution < 1.29 is 13.2 Å². The average molecular weight is 200 g/mol. The molecule has 1 aromatic carbocycles. The summed E-state index contributed by atoms with van der Waals surface area (Å²) in [5.74, 6) is -4.09. The van der Waals surface area contributed by atoms with Gasteiger partial charge in [0.15, 0.2) is 17.5 Å². The Morgan fingerprint density at radius 1 is 1.07 bits per heavy atom. The lowest BCUT2D eigenvalue weighted by Crippen LogP contribution is -1.92. The fourth-order valence-electron chi connectivity index (χ4n) is 0.969. The van der Waals surface area contributed by atoms with E-state index < -0.39 is 17.5 Å². The second-order valence-corrected chi connectivity index (χ2v) is 2.49. The van der Waals surface area contributed by atoms with E-state index in [1.807, 2.05) is 0 Å². The maximum Gasteiger partial charge on any atom is 0.204 e. The number of halogens is 3. The SMILES string of the molecule is Fc1cc(-c2nn[nH]n2)cc(F)c1F. The molecule has 1 aromatic heterocycles. The first-order valence-electron chi connectivity index (χ1n) is 3.57. The molecule has 0 saturated heterocycles. The third-order valence-corrected chi connectivity index (χ3v) is 1.59. The first kappa shape index (κ1) is 8.67. The van der Waals surface area contributed by atoms with Crippen LogP contribution in [0.2, 0.25) is 0 Å². The van der Waals surface area contributed by atoms with Crippen molar-refractivity contribution in [3.63, 3.8) is 0 Å². The molecular formula is C7H3F3N4. The molecule has 2 aromatic rings. The topological polar surface area (TPSA) is 54.5 Å². The molecule has 0 atom stereocenters. The standard InChI is InChI=1S/C7H3F3N4/c8-4-1-3(2-5(9)6(4)10)7-11-13-14-12-7/h1-2H,(H,11,12,13,14). The summed E-state index contributed by atoms with van der Waals surface area (Å²) in [7, 11) is 0. The molecule has 0 saturated carbocycles. The van der Waals surface area contributed by atoms with E-state index in [1.165, 1.54) is 0 Å². The fraction of sp³-hybridized carbons (Fsp3) is 0. The van der Waals surface area contributed by atoms with Gasteiger partial charge in [-0.15, -0.1) is 10.2 Å². The number of hydrogen-bond acceptors (Lipinski definition) is 3. The van der Waals surface area contributed by atoms with Gasteiger partial charge in [-0.1, -0.05) is 0 Å². The second-order valence-electron chi connectivity index (χ2n) is 2.49. The van der Waals surface area contributed by atoms with Crippen LogP contribution in [0.1, 0.15) is 0 Å². The Labute approximate surface area is 75.8 Å². The number of hydrogen-bond donors (Lipinski definition) is 1. The molecule has 0 fully saturated rings. The molecule has 0 unspecified atom stereocenters. The highest BCUT2D eigenvalue weighted by Crippen LogP contribution is 2.19. The lowest BCUT2D eigenvalue weighted by Gasteiger charge is -1.97. The van der Waals surface area contributed by atoms with E-state index in [9.17, 15) is 13.2 Å². The molecule has 0 aliphatic carbocycles. The number of nitrogens with one attached hydrogen (secondary N) is 1. The van der Waals surface area contributed by atoms with Crippen LogP contribution in [0, 0.1) is 17.5 Å². The smallest absolute Gasteiger partial charge is 0.204 e. The van der Waals surface area contributed by atoms with E-state index in [0.717, 1.165) is 12.1 Å². The zero-order chi connectivity index (χ0) is 10.1. The summed E-state index contributed by atoms with van der Waals surface area (Å²) in [6.07, 6.45) is 0. The van der Waals surface area contributed by atoms with Crippen LogP contribution in [0.3, 0.4) is 0 Å². The Hall–Kier alpha value is -1.92. The quantitative estimate of drug-likeness (QED) is 0.705. The van der Waals surface area contributed by atoms with Gasteiger partial charge in [-0.2, -0.15) is 5.21 Å². The minimum absolute atomic E-state index is 0.00259. The van der Waals surface area contributed by atoms with Gasteiger partial charge < -0.3 is 0 Å². The number of H-pyrrole nitrogens is 1.